The van der Waals surface area contributed by atoms with E-state index in [2.05, 4.69) is 42.3 Å². The lowest BCUT2D eigenvalue weighted by Crippen LogP contribution is -2.55. The molecule has 0 radical (unpaired) electrons. The summed E-state index contributed by atoms with van der Waals surface area (Å²) in [6.45, 7) is 5.14. The maximum atomic E-state index is 12.2. The summed E-state index contributed by atoms with van der Waals surface area (Å²) < 4.78 is 0. The van der Waals surface area contributed by atoms with E-state index in [-0.39, 0.29) is 18.5 Å². The summed E-state index contributed by atoms with van der Waals surface area (Å²) in [4.78, 5) is 26.5. The molecular weight excluding hydrogens is 348 g/mol. The van der Waals surface area contributed by atoms with Crippen molar-refractivity contribution < 1.29 is 14.7 Å². The first-order valence-corrected chi connectivity index (χ1v) is 10.3. The standard InChI is InChI=1S/C20H28N2O3S/c1-13-3-6-18(14(2)7-13)26-12-19(23)21-16-8-17(9-16)22(11-20(24)25)10-15-4-5-15/h3,6-7,15-17H,4-5,8-12H2,1-2H3,(H,21,23)(H,24,25). The van der Waals surface area contributed by atoms with Gasteiger partial charge >= 0.3 is 5.97 Å². The molecule has 6 heteroatoms. The van der Waals surface area contributed by atoms with Crippen molar-refractivity contribution in [2.24, 2.45) is 5.92 Å². The number of benzene rings is 1. The van der Waals surface area contributed by atoms with Crippen molar-refractivity contribution in [2.45, 2.75) is 56.5 Å². The van der Waals surface area contributed by atoms with Crippen LogP contribution in [0.5, 0.6) is 0 Å². The van der Waals surface area contributed by atoms with Gasteiger partial charge < -0.3 is 10.4 Å². The largest absolute Gasteiger partial charge is 0.480 e. The second-order valence-electron chi connectivity index (χ2n) is 7.71. The van der Waals surface area contributed by atoms with Gasteiger partial charge in [0.05, 0.1) is 12.3 Å². The molecule has 0 atom stereocenters. The lowest BCUT2D eigenvalue weighted by atomic mass is 9.85. The van der Waals surface area contributed by atoms with Gasteiger partial charge in [-0.2, -0.15) is 0 Å². The number of carboxylic acid groups (broad SMARTS) is 1. The number of aryl methyl sites for hydroxylation is 2. The first-order valence-electron chi connectivity index (χ1n) is 9.36. The minimum absolute atomic E-state index is 0.0606. The fourth-order valence-corrected chi connectivity index (χ4v) is 4.35. The van der Waals surface area contributed by atoms with Crippen molar-refractivity contribution in [3.05, 3.63) is 29.3 Å². The number of thioether (sulfide) groups is 1. The fraction of sp³-hybridized carbons (Fsp3) is 0.600. The minimum atomic E-state index is -0.761. The van der Waals surface area contributed by atoms with Crippen molar-refractivity contribution >= 4 is 23.6 Å². The second-order valence-corrected chi connectivity index (χ2v) is 8.73. The Labute approximate surface area is 159 Å². The molecule has 2 fully saturated rings. The van der Waals surface area contributed by atoms with Crippen molar-refractivity contribution in [2.75, 3.05) is 18.8 Å². The highest BCUT2D eigenvalue weighted by Gasteiger charge is 2.37. The number of hydrogen-bond acceptors (Lipinski definition) is 4. The van der Waals surface area contributed by atoms with Crippen LogP contribution in [0.1, 0.15) is 36.8 Å². The number of rotatable bonds is 9. The third kappa shape index (κ3) is 5.48. The summed E-state index contributed by atoms with van der Waals surface area (Å²) in [7, 11) is 0. The van der Waals surface area contributed by atoms with Crippen LogP contribution in [-0.2, 0) is 9.59 Å². The lowest BCUT2D eigenvalue weighted by molar-refractivity contribution is -0.140. The Morgan fingerprint density at radius 3 is 2.62 bits per heavy atom. The summed E-state index contributed by atoms with van der Waals surface area (Å²) in [5.41, 5.74) is 2.44. The van der Waals surface area contributed by atoms with E-state index < -0.39 is 5.97 Å². The maximum absolute atomic E-state index is 12.2. The highest BCUT2D eigenvalue weighted by atomic mass is 32.2. The number of nitrogens with one attached hydrogen (secondary N) is 1. The van der Waals surface area contributed by atoms with Gasteiger partial charge in [0.25, 0.3) is 0 Å². The predicted molar refractivity (Wildman–Crippen MR) is 104 cm³/mol. The topological polar surface area (TPSA) is 69.6 Å². The molecule has 1 aromatic rings. The van der Waals surface area contributed by atoms with E-state index in [1.54, 1.807) is 11.8 Å². The zero-order valence-electron chi connectivity index (χ0n) is 15.5. The Bertz CT molecular complexity index is 669. The molecule has 0 saturated heterocycles. The Balaban J connectivity index is 1.40. The molecule has 0 aromatic heterocycles. The highest BCUT2D eigenvalue weighted by Crippen LogP contribution is 2.34. The van der Waals surface area contributed by atoms with Crippen LogP contribution in [0.4, 0.5) is 0 Å². The molecule has 0 unspecified atom stereocenters. The van der Waals surface area contributed by atoms with Gasteiger partial charge in [-0.05, 0) is 57.1 Å². The zero-order chi connectivity index (χ0) is 18.7. The average Bonchev–Trinajstić information content (AvgIpc) is 3.32. The van der Waals surface area contributed by atoms with Crippen LogP contribution in [0, 0.1) is 19.8 Å². The summed E-state index contributed by atoms with van der Waals surface area (Å²) in [5.74, 6) is 0.400. The van der Waals surface area contributed by atoms with E-state index in [1.165, 1.54) is 24.0 Å². The van der Waals surface area contributed by atoms with Gasteiger partial charge in [0, 0.05) is 23.5 Å². The van der Waals surface area contributed by atoms with Crippen molar-refractivity contribution in [3.8, 4) is 0 Å². The monoisotopic (exact) mass is 376 g/mol. The van der Waals surface area contributed by atoms with Gasteiger partial charge in [-0.15, -0.1) is 11.8 Å². The summed E-state index contributed by atoms with van der Waals surface area (Å²) >= 11 is 1.57. The highest BCUT2D eigenvalue weighted by molar-refractivity contribution is 8.00. The Morgan fingerprint density at radius 2 is 2.00 bits per heavy atom. The number of nitrogens with zero attached hydrogens (tertiary/aromatic N) is 1. The van der Waals surface area contributed by atoms with E-state index in [1.807, 2.05) is 0 Å². The van der Waals surface area contributed by atoms with E-state index in [9.17, 15) is 9.59 Å². The van der Waals surface area contributed by atoms with Crippen molar-refractivity contribution in [1.82, 2.24) is 10.2 Å². The molecule has 142 valence electrons. The van der Waals surface area contributed by atoms with Crippen LogP contribution < -0.4 is 5.32 Å². The molecule has 0 aliphatic heterocycles. The van der Waals surface area contributed by atoms with E-state index in [4.69, 9.17) is 5.11 Å². The molecule has 26 heavy (non-hydrogen) atoms. The van der Waals surface area contributed by atoms with Gasteiger partial charge in [-0.25, -0.2) is 0 Å². The normalized spacial score (nSPS) is 22.1. The summed E-state index contributed by atoms with van der Waals surface area (Å²) in [6, 6.07) is 6.75. The number of aliphatic carboxylic acids is 1. The number of amides is 1. The summed E-state index contributed by atoms with van der Waals surface area (Å²) in [6.07, 6.45) is 4.16. The number of hydrogen-bond donors (Lipinski definition) is 2. The Morgan fingerprint density at radius 1 is 1.27 bits per heavy atom. The van der Waals surface area contributed by atoms with Gasteiger partial charge in [0.1, 0.15) is 0 Å². The average molecular weight is 377 g/mol. The first-order chi connectivity index (χ1) is 12.4. The van der Waals surface area contributed by atoms with Crippen LogP contribution in [0.2, 0.25) is 0 Å². The van der Waals surface area contributed by atoms with E-state index >= 15 is 0 Å². The molecule has 3 rings (SSSR count). The van der Waals surface area contributed by atoms with Crippen molar-refractivity contribution in [3.63, 3.8) is 0 Å². The molecule has 5 nitrogen and oxygen atoms in total. The number of carboxylic acids is 1. The predicted octanol–water partition coefficient (Wildman–Crippen LogP) is 2.84. The van der Waals surface area contributed by atoms with Gasteiger partial charge in [-0.3, -0.25) is 14.5 Å². The number of carbonyl (C=O) groups is 2. The summed E-state index contributed by atoms with van der Waals surface area (Å²) in [5, 5.41) is 12.2. The quantitative estimate of drug-likeness (QED) is 0.649. The van der Waals surface area contributed by atoms with Crippen LogP contribution >= 0.6 is 11.8 Å². The Hall–Kier alpha value is -1.53. The third-order valence-electron chi connectivity index (χ3n) is 5.21. The smallest absolute Gasteiger partial charge is 0.317 e. The molecule has 2 saturated carbocycles. The van der Waals surface area contributed by atoms with Gasteiger partial charge in [0.2, 0.25) is 5.91 Å². The molecule has 1 aromatic carbocycles. The molecule has 0 heterocycles. The first kappa shape index (κ1) is 19.2. The van der Waals surface area contributed by atoms with Crippen LogP contribution in [0.25, 0.3) is 0 Å². The molecule has 0 spiro atoms. The zero-order valence-corrected chi connectivity index (χ0v) is 16.3. The Kier molecular flexibility index (Phi) is 6.24. The second kappa shape index (κ2) is 8.44. The maximum Gasteiger partial charge on any atom is 0.317 e. The molecule has 2 N–H and O–H groups in total. The van der Waals surface area contributed by atoms with Crippen LogP contribution in [0.3, 0.4) is 0 Å². The molecule has 1 amide bonds. The minimum Gasteiger partial charge on any atom is -0.480 e. The molecule has 2 aliphatic rings. The third-order valence-corrected chi connectivity index (χ3v) is 6.39. The van der Waals surface area contributed by atoms with E-state index in [0.29, 0.717) is 17.7 Å². The van der Waals surface area contributed by atoms with Crippen molar-refractivity contribution in [1.29, 1.82) is 0 Å². The van der Waals surface area contributed by atoms with Crippen LogP contribution in [0.15, 0.2) is 23.1 Å². The van der Waals surface area contributed by atoms with Gasteiger partial charge in [0.15, 0.2) is 0 Å². The molecular formula is C20H28N2O3S. The molecule has 2 aliphatic carbocycles. The SMILES string of the molecule is Cc1ccc(SCC(=O)NC2CC(N(CC(=O)O)CC3CC3)C2)c(C)c1. The van der Waals surface area contributed by atoms with E-state index in [0.717, 1.165) is 24.3 Å². The van der Waals surface area contributed by atoms with Gasteiger partial charge in [-0.1, -0.05) is 17.7 Å². The van der Waals surface area contributed by atoms with Crippen LogP contribution in [-0.4, -0.2) is 52.8 Å². The molecule has 0 bridgehead atoms. The number of carbonyl (C=O) groups excluding carboxylic acids is 1. The lowest BCUT2D eigenvalue weighted by Gasteiger charge is -2.42. The fourth-order valence-electron chi connectivity index (χ4n) is 3.53.